The molecule has 3 aromatic carbocycles. The van der Waals surface area contributed by atoms with Crippen LogP contribution in [-0.4, -0.2) is 11.2 Å². The lowest BCUT2D eigenvalue weighted by Gasteiger charge is -2.14. The molecule has 0 spiro atoms. The molecule has 0 aromatic heterocycles. The molecule has 3 rings (SSSR count). The minimum atomic E-state index is -0.169. The molecule has 1 N–H and O–H groups in total. The molecule has 0 aliphatic rings. The van der Waals surface area contributed by atoms with Gasteiger partial charge < -0.3 is 5.32 Å². The molecule has 0 aliphatic heterocycles. The second-order valence-corrected chi connectivity index (χ2v) is 8.00. The van der Waals surface area contributed by atoms with Crippen molar-refractivity contribution in [3.05, 3.63) is 84.9 Å². The van der Waals surface area contributed by atoms with Crippen molar-refractivity contribution >= 4 is 35.1 Å². The van der Waals surface area contributed by atoms with Gasteiger partial charge in [-0.3, -0.25) is 4.79 Å². The van der Waals surface area contributed by atoms with Crippen LogP contribution in [0.25, 0.3) is 0 Å². The average Bonchev–Trinajstić information content (AvgIpc) is 2.65. The van der Waals surface area contributed by atoms with Gasteiger partial charge in [0.25, 0.3) is 0 Å². The van der Waals surface area contributed by atoms with E-state index in [9.17, 15) is 4.79 Å². The highest BCUT2D eigenvalue weighted by Gasteiger charge is 2.16. The summed E-state index contributed by atoms with van der Waals surface area (Å²) in [4.78, 5) is 15.9. The van der Waals surface area contributed by atoms with Gasteiger partial charge in [-0.2, -0.15) is 0 Å². The van der Waals surface area contributed by atoms with E-state index < -0.39 is 0 Å². The first-order valence-electron chi connectivity index (χ1n) is 8.07. The first kappa shape index (κ1) is 17.6. The number of benzene rings is 3. The fourth-order valence-electron chi connectivity index (χ4n) is 2.27. The molecule has 0 saturated carbocycles. The van der Waals surface area contributed by atoms with E-state index in [1.807, 2.05) is 79.7 Å². The fourth-order valence-corrected chi connectivity index (χ4v) is 4.08. The quantitative estimate of drug-likeness (QED) is 0.547. The second kappa shape index (κ2) is 8.79. The lowest BCUT2D eigenvalue weighted by Crippen LogP contribution is -2.22. The zero-order chi connectivity index (χ0) is 17.5. The van der Waals surface area contributed by atoms with Gasteiger partial charge in [0.15, 0.2) is 0 Å². The number of carbonyl (C=O) groups excluding carboxylic acids is 1. The molecular weight excluding hydrogens is 346 g/mol. The topological polar surface area (TPSA) is 29.1 Å². The average molecular weight is 366 g/mol. The van der Waals surface area contributed by atoms with Crippen molar-refractivity contribution < 1.29 is 4.79 Å². The van der Waals surface area contributed by atoms with Crippen molar-refractivity contribution in [2.45, 2.75) is 26.9 Å². The maximum atomic E-state index is 12.6. The monoisotopic (exact) mass is 365 g/mol. The van der Waals surface area contributed by atoms with Gasteiger partial charge in [0.05, 0.1) is 10.9 Å². The molecule has 4 heteroatoms. The van der Waals surface area contributed by atoms with Crippen LogP contribution in [0.2, 0.25) is 0 Å². The number of para-hydroxylation sites is 1. The summed E-state index contributed by atoms with van der Waals surface area (Å²) in [6, 6.07) is 28.1. The summed E-state index contributed by atoms with van der Waals surface area (Å²) in [5.41, 5.74) is 0.849. The van der Waals surface area contributed by atoms with Crippen LogP contribution in [0.3, 0.4) is 0 Å². The molecule has 0 bridgehead atoms. The highest BCUT2D eigenvalue weighted by atomic mass is 32.2. The van der Waals surface area contributed by atoms with Gasteiger partial charge in [0.1, 0.15) is 0 Å². The summed E-state index contributed by atoms with van der Waals surface area (Å²) in [7, 11) is 0. The molecule has 25 heavy (non-hydrogen) atoms. The summed E-state index contributed by atoms with van der Waals surface area (Å²) in [6.07, 6.45) is 0. The Morgan fingerprint density at radius 1 is 0.800 bits per heavy atom. The van der Waals surface area contributed by atoms with Crippen LogP contribution in [0.1, 0.15) is 6.92 Å². The Bertz CT molecular complexity index is 822. The molecule has 0 saturated heterocycles. The highest BCUT2D eigenvalue weighted by Crippen LogP contribution is 2.33. The summed E-state index contributed by atoms with van der Waals surface area (Å²) < 4.78 is 0. The fraction of sp³-hybridized carbons (Fsp3) is 0.0952. The van der Waals surface area contributed by atoms with Crippen LogP contribution in [0.15, 0.2) is 99.6 Å². The van der Waals surface area contributed by atoms with Gasteiger partial charge in [-0.25, -0.2) is 0 Å². The minimum Gasteiger partial charge on any atom is -0.324 e. The molecule has 2 nitrogen and oxygen atoms in total. The second-order valence-electron chi connectivity index (χ2n) is 5.47. The van der Waals surface area contributed by atoms with Gasteiger partial charge in [-0.15, -0.1) is 11.8 Å². The van der Waals surface area contributed by atoms with Gasteiger partial charge in [0, 0.05) is 14.7 Å². The number of thioether (sulfide) groups is 1. The van der Waals surface area contributed by atoms with E-state index in [1.165, 1.54) is 0 Å². The smallest absolute Gasteiger partial charge is 0.237 e. The number of amides is 1. The van der Waals surface area contributed by atoms with Crippen LogP contribution in [-0.2, 0) is 4.79 Å². The van der Waals surface area contributed by atoms with E-state index >= 15 is 0 Å². The maximum absolute atomic E-state index is 12.6. The SMILES string of the molecule is C[C@H](Sc1ccccc1)C(=O)Nc1ccccc1Sc1ccccc1. The van der Waals surface area contributed by atoms with E-state index in [4.69, 9.17) is 0 Å². The number of rotatable bonds is 6. The predicted octanol–water partition coefficient (Wildman–Crippen LogP) is 5.96. The molecule has 1 amide bonds. The van der Waals surface area contributed by atoms with E-state index in [2.05, 4.69) is 17.4 Å². The molecule has 0 heterocycles. The minimum absolute atomic E-state index is 0.00923. The Hall–Kier alpha value is -2.17. The summed E-state index contributed by atoms with van der Waals surface area (Å²) in [6.45, 7) is 1.93. The lowest BCUT2D eigenvalue weighted by molar-refractivity contribution is -0.115. The summed E-state index contributed by atoms with van der Waals surface area (Å²) in [5.74, 6) is 0.00923. The van der Waals surface area contributed by atoms with Crippen molar-refractivity contribution in [3.63, 3.8) is 0 Å². The third-order valence-electron chi connectivity index (χ3n) is 3.54. The van der Waals surface area contributed by atoms with Crippen molar-refractivity contribution in [1.82, 2.24) is 0 Å². The van der Waals surface area contributed by atoms with Crippen molar-refractivity contribution in [3.8, 4) is 0 Å². The number of anilines is 1. The van der Waals surface area contributed by atoms with Crippen LogP contribution in [0.4, 0.5) is 5.69 Å². The molecular formula is C21H19NOS2. The first-order chi connectivity index (χ1) is 12.2. The highest BCUT2D eigenvalue weighted by molar-refractivity contribution is 8.00. The zero-order valence-electron chi connectivity index (χ0n) is 13.9. The first-order valence-corrected chi connectivity index (χ1v) is 9.76. The van der Waals surface area contributed by atoms with Crippen LogP contribution in [0.5, 0.6) is 0 Å². The van der Waals surface area contributed by atoms with Gasteiger partial charge in [0.2, 0.25) is 5.91 Å². The van der Waals surface area contributed by atoms with Crippen molar-refractivity contribution in [1.29, 1.82) is 0 Å². The largest absolute Gasteiger partial charge is 0.324 e. The molecule has 1 atom stereocenters. The van der Waals surface area contributed by atoms with E-state index in [-0.39, 0.29) is 11.2 Å². The Morgan fingerprint density at radius 3 is 2.04 bits per heavy atom. The number of hydrogen-bond acceptors (Lipinski definition) is 3. The molecule has 3 aromatic rings. The molecule has 0 unspecified atom stereocenters. The maximum Gasteiger partial charge on any atom is 0.237 e. The Morgan fingerprint density at radius 2 is 1.36 bits per heavy atom. The van der Waals surface area contributed by atoms with Crippen LogP contribution in [0, 0.1) is 0 Å². The molecule has 0 aliphatic carbocycles. The van der Waals surface area contributed by atoms with Crippen LogP contribution < -0.4 is 5.32 Å². The number of carbonyl (C=O) groups is 1. The normalized spacial score (nSPS) is 11.7. The molecule has 126 valence electrons. The third kappa shape index (κ3) is 5.15. The van der Waals surface area contributed by atoms with E-state index in [0.29, 0.717) is 0 Å². The standard InChI is InChI=1S/C21H19NOS2/c1-16(24-17-10-4-2-5-11-17)21(23)22-19-14-8-9-15-20(19)25-18-12-6-3-7-13-18/h2-16H,1H3,(H,22,23)/t16-/m0/s1. The van der Waals surface area contributed by atoms with Gasteiger partial charge >= 0.3 is 0 Å². The molecule has 0 radical (unpaired) electrons. The number of hydrogen-bond donors (Lipinski definition) is 1. The predicted molar refractivity (Wildman–Crippen MR) is 107 cm³/mol. The van der Waals surface area contributed by atoms with E-state index in [1.54, 1.807) is 23.5 Å². The Labute approximate surface area is 157 Å². The van der Waals surface area contributed by atoms with Gasteiger partial charge in [-0.1, -0.05) is 60.3 Å². The van der Waals surface area contributed by atoms with Gasteiger partial charge in [-0.05, 0) is 43.3 Å². The summed E-state index contributed by atoms with van der Waals surface area (Å²) in [5, 5.41) is 2.90. The summed E-state index contributed by atoms with van der Waals surface area (Å²) >= 11 is 3.21. The van der Waals surface area contributed by atoms with E-state index in [0.717, 1.165) is 20.4 Å². The van der Waals surface area contributed by atoms with Crippen LogP contribution >= 0.6 is 23.5 Å². The molecule has 0 fully saturated rings. The van der Waals surface area contributed by atoms with Crippen molar-refractivity contribution in [2.24, 2.45) is 0 Å². The number of nitrogens with one attached hydrogen (secondary N) is 1. The lowest BCUT2D eigenvalue weighted by atomic mass is 10.3. The van der Waals surface area contributed by atoms with Crippen molar-refractivity contribution in [2.75, 3.05) is 5.32 Å². The Balaban J connectivity index is 1.69. The Kier molecular flexibility index (Phi) is 6.20. The third-order valence-corrected chi connectivity index (χ3v) is 5.74. The zero-order valence-corrected chi connectivity index (χ0v) is 15.5.